The fourth-order valence-electron chi connectivity index (χ4n) is 3.64. The van der Waals surface area contributed by atoms with E-state index in [1.165, 1.54) is 25.9 Å². The predicted octanol–water partition coefficient (Wildman–Crippen LogP) is 3.40. The minimum Gasteiger partial charge on any atom is -0.316 e. The van der Waals surface area contributed by atoms with Crippen molar-refractivity contribution in [2.75, 3.05) is 13.1 Å². The molecule has 3 aromatic rings. The zero-order valence-electron chi connectivity index (χ0n) is 14.4. The molecule has 1 fully saturated rings. The van der Waals surface area contributed by atoms with Crippen LogP contribution in [0.2, 0.25) is 0 Å². The van der Waals surface area contributed by atoms with Gasteiger partial charge in [-0.25, -0.2) is 0 Å². The zero-order chi connectivity index (χ0) is 17.2. The first-order valence-electron chi connectivity index (χ1n) is 8.85. The molecule has 4 rings (SSSR count). The van der Waals surface area contributed by atoms with E-state index in [0.717, 1.165) is 33.7 Å². The number of quaternary nitrogens is 1. The summed E-state index contributed by atoms with van der Waals surface area (Å²) < 4.78 is 4.90. The number of likely N-dealkylation sites (tertiary alicyclic amines) is 1. The van der Waals surface area contributed by atoms with Crippen molar-refractivity contribution in [1.29, 1.82) is 0 Å². The number of hydrogen-bond acceptors (Lipinski definition) is 3. The van der Waals surface area contributed by atoms with Crippen molar-refractivity contribution in [3.63, 3.8) is 0 Å². The summed E-state index contributed by atoms with van der Waals surface area (Å²) in [5.74, 6) is 1.72. The van der Waals surface area contributed by atoms with Gasteiger partial charge in [0.2, 0.25) is 4.77 Å². The van der Waals surface area contributed by atoms with E-state index in [-0.39, 0.29) is 0 Å². The fourth-order valence-corrected chi connectivity index (χ4v) is 4.63. The summed E-state index contributed by atoms with van der Waals surface area (Å²) in [7, 11) is 0. The van der Waals surface area contributed by atoms with Gasteiger partial charge in [0.1, 0.15) is 0 Å². The normalized spacial score (nSPS) is 20.7. The maximum absolute atomic E-state index is 5.82. The number of nitrogens with one attached hydrogen (secondary N) is 1. The Morgan fingerprint density at radius 1 is 1.24 bits per heavy atom. The molecule has 2 aromatic heterocycles. The van der Waals surface area contributed by atoms with Gasteiger partial charge in [0.05, 0.1) is 23.7 Å². The van der Waals surface area contributed by atoms with E-state index in [4.69, 9.17) is 17.3 Å². The third-order valence-electron chi connectivity index (χ3n) is 4.83. The highest BCUT2D eigenvalue weighted by molar-refractivity contribution is 7.71. The third-order valence-corrected chi connectivity index (χ3v) is 6.09. The number of nitrogens with zero attached hydrogens (tertiary/aromatic N) is 3. The highest BCUT2D eigenvalue weighted by atomic mass is 32.1. The summed E-state index contributed by atoms with van der Waals surface area (Å²) in [5, 5.41) is 7.00. The van der Waals surface area contributed by atoms with Crippen LogP contribution >= 0.6 is 23.6 Å². The van der Waals surface area contributed by atoms with Crippen molar-refractivity contribution in [1.82, 2.24) is 14.3 Å². The van der Waals surface area contributed by atoms with E-state index in [2.05, 4.69) is 41.1 Å². The van der Waals surface area contributed by atoms with Crippen molar-refractivity contribution >= 4 is 23.6 Å². The van der Waals surface area contributed by atoms with Gasteiger partial charge in [-0.1, -0.05) is 31.2 Å². The molecule has 1 unspecified atom stereocenters. The van der Waals surface area contributed by atoms with Crippen molar-refractivity contribution in [2.24, 2.45) is 5.92 Å². The van der Waals surface area contributed by atoms with Crippen LogP contribution in [0, 0.1) is 10.7 Å². The number of rotatable bonds is 4. The molecule has 1 aromatic carbocycles. The minimum absolute atomic E-state index is 0.778. The topological polar surface area (TPSA) is 27.2 Å². The van der Waals surface area contributed by atoms with Crippen LogP contribution < -0.4 is 4.90 Å². The molecular formula is C19H23N4S2+. The fraction of sp³-hybridized carbons (Fsp3) is 0.368. The molecule has 1 aliphatic heterocycles. The molecule has 0 aliphatic carbocycles. The summed E-state index contributed by atoms with van der Waals surface area (Å²) in [6, 6.07) is 14.5. The van der Waals surface area contributed by atoms with Crippen LogP contribution in [0.1, 0.15) is 19.8 Å². The van der Waals surface area contributed by atoms with E-state index in [0.29, 0.717) is 0 Å². The molecule has 3 heterocycles. The van der Waals surface area contributed by atoms with Gasteiger partial charge in [0.15, 0.2) is 12.5 Å². The minimum atomic E-state index is 0.778. The highest BCUT2D eigenvalue weighted by Crippen LogP contribution is 2.26. The first-order chi connectivity index (χ1) is 12.2. The average Bonchev–Trinajstić information content (AvgIpc) is 3.25. The maximum atomic E-state index is 5.82. The number of benzene rings is 1. The Morgan fingerprint density at radius 2 is 2.08 bits per heavy atom. The van der Waals surface area contributed by atoms with Gasteiger partial charge in [-0.15, -0.1) is 16.4 Å². The largest absolute Gasteiger partial charge is 0.316 e. The average molecular weight is 372 g/mol. The molecule has 0 radical (unpaired) electrons. The monoisotopic (exact) mass is 371 g/mol. The molecular weight excluding hydrogens is 348 g/mol. The highest BCUT2D eigenvalue weighted by Gasteiger charge is 2.22. The molecule has 0 amide bonds. The SMILES string of the molecule is C[C@H]1CCC[NH+](Cn2nc(-c3cccs3)n(-c3ccccc3)c2=S)C1. The van der Waals surface area contributed by atoms with E-state index in [1.807, 2.05) is 22.9 Å². The Bertz CT molecular complexity index is 880. The summed E-state index contributed by atoms with van der Waals surface area (Å²) in [4.78, 5) is 2.72. The Hall–Kier alpha value is -1.76. The second-order valence-corrected chi connectivity index (χ2v) is 8.18. The number of thiophene rings is 1. The number of piperidine rings is 1. The van der Waals surface area contributed by atoms with Crippen LogP contribution in [0.15, 0.2) is 47.8 Å². The third kappa shape index (κ3) is 3.47. The summed E-state index contributed by atoms with van der Waals surface area (Å²) in [6.45, 7) is 5.60. The van der Waals surface area contributed by atoms with Crippen LogP contribution in [0.5, 0.6) is 0 Å². The Morgan fingerprint density at radius 3 is 2.80 bits per heavy atom. The van der Waals surface area contributed by atoms with Gasteiger partial charge in [-0.2, -0.15) is 4.68 Å². The first-order valence-corrected chi connectivity index (χ1v) is 10.1. The molecule has 1 N–H and O–H groups in total. The van der Waals surface area contributed by atoms with Crippen LogP contribution in [-0.2, 0) is 6.67 Å². The van der Waals surface area contributed by atoms with E-state index in [1.54, 1.807) is 16.2 Å². The molecule has 25 heavy (non-hydrogen) atoms. The molecule has 1 saturated heterocycles. The van der Waals surface area contributed by atoms with Crippen molar-refractivity contribution in [3.8, 4) is 16.4 Å². The quantitative estimate of drug-likeness (QED) is 0.712. The van der Waals surface area contributed by atoms with Gasteiger partial charge in [-0.05, 0) is 48.6 Å². The Labute approximate surface area is 157 Å². The second-order valence-electron chi connectivity index (χ2n) is 6.86. The summed E-state index contributed by atoms with van der Waals surface area (Å²) in [6.07, 6.45) is 2.63. The van der Waals surface area contributed by atoms with Crippen LogP contribution in [0.25, 0.3) is 16.4 Å². The predicted molar refractivity (Wildman–Crippen MR) is 105 cm³/mol. The van der Waals surface area contributed by atoms with Gasteiger partial charge in [0, 0.05) is 5.92 Å². The first kappa shape index (κ1) is 16.7. The molecule has 4 nitrogen and oxygen atoms in total. The maximum Gasteiger partial charge on any atom is 0.207 e. The van der Waals surface area contributed by atoms with Crippen LogP contribution in [-0.4, -0.2) is 27.4 Å². The van der Waals surface area contributed by atoms with Crippen LogP contribution in [0.3, 0.4) is 0 Å². The van der Waals surface area contributed by atoms with E-state index < -0.39 is 0 Å². The van der Waals surface area contributed by atoms with Crippen molar-refractivity contribution in [3.05, 3.63) is 52.6 Å². The molecule has 0 saturated carbocycles. The second kappa shape index (κ2) is 7.23. The van der Waals surface area contributed by atoms with Gasteiger partial charge >= 0.3 is 0 Å². The number of hydrogen-bond donors (Lipinski definition) is 1. The van der Waals surface area contributed by atoms with Gasteiger partial charge in [0.25, 0.3) is 0 Å². The molecule has 130 valence electrons. The van der Waals surface area contributed by atoms with Crippen molar-refractivity contribution < 1.29 is 4.90 Å². The van der Waals surface area contributed by atoms with Crippen LogP contribution in [0.4, 0.5) is 0 Å². The van der Waals surface area contributed by atoms with Gasteiger partial charge < -0.3 is 4.90 Å². The van der Waals surface area contributed by atoms with E-state index >= 15 is 0 Å². The number of para-hydroxylation sites is 1. The summed E-state index contributed by atoms with van der Waals surface area (Å²) >= 11 is 7.53. The standard InChI is InChI=1S/C19H22N4S2/c1-15-7-5-11-21(13-15)14-22-19(24)23(16-8-3-2-4-9-16)18(20-22)17-10-6-12-25-17/h2-4,6,8-10,12,15H,5,7,11,13-14H2,1H3/p+1/t15-/m0/s1. The number of aromatic nitrogens is 3. The summed E-state index contributed by atoms with van der Waals surface area (Å²) in [5.41, 5.74) is 1.07. The zero-order valence-corrected chi connectivity index (χ0v) is 16.0. The lowest BCUT2D eigenvalue weighted by Gasteiger charge is -2.27. The molecule has 0 bridgehead atoms. The molecule has 1 aliphatic rings. The van der Waals surface area contributed by atoms with Crippen molar-refractivity contribution in [2.45, 2.75) is 26.4 Å². The lowest BCUT2D eigenvalue weighted by Crippen LogP contribution is -3.12. The van der Waals surface area contributed by atoms with Gasteiger partial charge in [-0.3, -0.25) is 4.57 Å². The lowest BCUT2D eigenvalue weighted by molar-refractivity contribution is -0.931. The Kier molecular flexibility index (Phi) is 4.83. The van der Waals surface area contributed by atoms with E-state index in [9.17, 15) is 0 Å². The molecule has 2 atom stereocenters. The molecule has 0 spiro atoms. The lowest BCUT2D eigenvalue weighted by atomic mass is 10.0. The Balaban J connectivity index is 1.75. The smallest absolute Gasteiger partial charge is 0.207 e. The molecule has 6 heteroatoms.